The van der Waals surface area contributed by atoms with Crippen molar-refractivity contribution in [2.24, 2.45) is 0 Å². The van der Waals surface area contributed by atoms with E-state index in [1.54, 1.807) is 4.26 Å². The predicted octanol–water partition coefficient (Wildman–Crippen LogP) is 5.26. The van der Waals surface area contributed by atoms with Gasteiger partial charge in [-0.3, -0.25) is 0 Å². The van der Waals surface area contributed by atoms with E-state index in [0.717, 1.165) is 21.2 Å². The Hall–Kier alpha value is -1.41. The summed E-state index contributed by atoms with van der Waals surface area (Å²) >= 11 is 8.55. The minimum absolute atomic E-state index is 0. The normalized spacial score (nSPS) is 9.61. The van der Waals surface area contributed by atoms with Crippen LogP contribution in [0.3, 0.4) is 0 Å². The topological polar surface area (TPSA) is 31.5 Å². The van der Waals surface area contributed by atoms with E-state index in [0.29, 0.717) is 70.8 Å². The van der Waals surface area contributed by atoms with E-state index >= 15 is 0 Å². The molecule has 4 aromatic heterocycles. The molecule has 0 amide bonds. The van der Waals surface area contributed by atoms with Gasteiger partial charge in [-0.05, 0) is 0 Å². The molecule has 0 unspecified atom stereocenters. The van der Waals surface area contributed by atoms with Gasteiger partial charge >= 0.3 is 304 Å². The molecule has 212 valence electrons. The van der Waals surface area contributed by atoms with E-state index < -0.39 is 0 Å². The molecule has 1 nitrogen and oxygen atoms in total. The van der Waals surface area contributed by atoms with Gasteiger partial charge in [0, 0.05) is 0 Å². The zero-order chi connectivity index (χ0) is 29.7. The standard InChI is InChI=1S/C12H7BrSe.2C12H8Se2.Li.H2O/c13-12-9-14-8-11(12)7-6-10-4-2-1-3-5-10;1-2-4-9(5-3-1)11-6-10-7-13-8-12(10)14-11;13-12-9-14-8-11(12)7-6-10-4-2-1-3-5-10;;/h1-5,8-9H;1-8H;1-5,8-9,13H;;1H2/q;;;+1;/p-1. The Balaban J connectivity index is 0.000000149. The summed E-state index contributed by atoms with van der Waals surface area (Å²) in [5.41, 5.74) is 5.94. The Morgan fingerprint density at radius 1 is 0.591 bits per heavy atom. The molecule has 0 aliphatic carbocycles. The van der Waals surface area contributed by atoms with Gasteiger partial charge in [0.25, 0.3) is 0 Å². The van der Waals surface area contributed by atoms with Crippen LogP contribution in [0.4, 0.5) is 0 Å². The molecule has 0 saturated carbocycles. The maximum atomic E-state index is 3.48. The first-order valence-corrected chi connectivity index (χ1v) is 24.2. The maximum absolute atomic E-state index is 3.48. The van der Waals surface area contributed by atoms with Crippen LogP contribution >= 0.6 is 15.9 Å². The molecule has 0 fully saturated rings. The Bertz CT molecular complexity index is 1960. The fraction of sp³-hybridized carbons (Fsp3) is 0. The second-order valence-corrected chi connectivity index (χ2v) is 18.5. The molecular weight excluding hydrogens is 930 g/mol. The van der Waals surface area contributed by atoms with Crippen LogP contribution in [0.25, 0.3) is 19.6 Å². The molecule has 0 spiro atoms. The van der Waals surface area contributed by atoms with Gasteiger partial charge in [0.15, 0.2) is 0 Å². The van der Waals surface area contributed by atoms with Gasteiger partial charge in [0.1, 0.15) is 0 Å². The molecule has 3 aromatic carbocycles. The minimum atomic E-state index is 0. The quantitative estimate of drug-likeness (QED) is 0.168. The van der Waals surface area contributed by atoms with Crippen LogP contribution in [0, 0.1) is 23.7 Å². The summed E-state index contributed by atoms with van der Waals surface area (Å²) in [5.74, 6) is 12.8. The Labute approximate surface area is 305 Å². The monoisotopic (exact) mass is 958 g/mol. The van der Waals surface area contributed by atoms with Crippen molar-refractivity contribution in [3.63, 3.8) is 0 Å². The van der Waals surface area contributed by atoms with Crippen LogP contribution in [0.1, 0.15) is 22.3 Å². The summed E-state index contributed by atoms with van der Waals surface area (Å²) < 4.78 is 5.76. The van der Waals surface area contributed by atoms with Crippen LogP contribution in [0.5, 0.6) is 0 Å². The average molecular weight is 954 g/mol. The fourth-order valence-corrected chi connectivity index (χ4v) is 15.4. The van der Waals surface area contributed by atoms with Crippen molar-refractivity contribution in [3.05, 3.63) is 153 Å². The average Bonchev–Trinajstić information content (AvgIpc) is 3.87. The summed E-state index contributed by atoms with van der Waals surface area (Å²) in [5, 5.41) is 1.50. The molecule has 0 atom stereocenters. The summed E-state index contributed by atoms with van der Waals surface area (Å²) in [7, 11) is 0. The molecule has 4 heterocycles. The van der Waals surface area contributed by atoms with Crippen LogP contribution in [0.15, 0.2) is 131 Å². The summed E-state index contributed by atoms with van der Waals surface area (Å²) in [4.78, 5) is 13.8. The van der Waals surface area contributed by atoms with Crippen LogP contribution in [0.2, 0.25) is 0 Å². The van der Waals surface area contributed by atoms with Crippen molar-refractivity contribution >= 4 is 117 Å². The van der Waals surface area contributed by atoms with Crippen molar-refractivity contribution in [1.82, 2.24) is 0 Å². The van der Waals surface area contributed by atoms with Crippen LogP contribution in [-0.2, 0) is 0 Å². The van der Waals surface area contributed by atoms with E-state index in [4.69, 9.17) is 0 Å². The molecular formula is C36H24BrLiOSe5. The van der Waals surface area contributed by atoms with Crippen molar-refractivity contribution in [3.8, 4) is 33.7 Å². The van der Waals surface area contributed by atoms with Gasteiger partial charge in [0.2, 0.25) is 0 Å². The van der Waals surface area contributed by atoms with Gasteiger partial charge < -0.3 is 5.48 Å². The number of benzene rings is 3. The van der Waals surface area contributed by atoms with Gasteiger partial charge in [-0.25, -0.2) is 0 Å². The number of hydrogen-bond donors (Lipinski definition) is 0. The first-order valence-electron chi connectivity index (χ1n) is 13.2. The number of rotatable bonds is 2. The van der Waals surface area contributed by atoms with Gasteiger partial charge in [-0.1, -0.05) is 0 Å². The predicted molar refractivity (Wildman–Crippen MR) is 197 cm³/mol. The first kappa shape index (κ1) is 35.4. The van der Waals surface area contributed by atoms with Gasteiger partial charge in [0.05, 0.1) is 0 Å². The van der Waals surface area contributed by atoms with E-state index in [-0.39, 0.29) is 5.48 Å². The second kappa shape index (κ2) is 19.3. The third kappa shape index (κ3) is 10.8. The molecule has 7 rings (SSSR count). The van der Waals surface area contributed by atoms with Gasteiger partial charge in [-0.2, -0.15) is 0 Å². The van der Waals surface area contributed by atoms with E-state index in [1.807, 2.05) is 60.7 Å². The Morgan fingerprint density at radius 3 is 1.70 bits per heavy atom. The third-order valence-electron chi connectivity index (χ3n) is 5.91. The number of hydrogen-bond acceptors (Lipinski definition) is 0. The van der Waals surface area contributed by atoms with Crippen LogP contribution < -0.4 is 4.46 Å². The zero-order valence-corrected chi connectivity index (χ0v) is 33.8. The molecule has 0 bridgehead atoms. The Morgan fingerprint density at radius 2 is 1.14 bits per heavy atom. The van der Waals surface area contributed by atoms with Crippen molar-refractivity contribution in [2.45, 2.75) is 0 Å². The SMILES string of the molecule is Brc1c[se]cc1C#Cc1ccccc1.O.[Li][Se]c1c[se]cc1C#Cc1ccccc1.c1ccc(-c2cc3c[se]cc3[se]2)cc1. The van der Waals surface area contributed by atoms with Crippen molar-refractivity contribution < 1.29 is 5.48 Å². The number of fused-ring (bicyclic) bond motifs is 1. The molecule has 0 aliphatic heterocycles. The summed E-state index contributed by atoms with van der Waals surface area (Å²) in [6.07, 6.45) is 0. The molecule has 44 heavy (non-hydrogen) atoms. The third-order valence-corrected chi connectivity index (χ3v) is 17.5. The molecule has 2 N–H and O–H groups in total. The zero-order valence-electron chi connectivity index (χ0n) is 23.6. The molecule has 0 radical (unpaired) electrons. The van der Waals surface area contributed by atoms with Crippen molar-refractivity contribution in [1.29, 1.82) is 0 Å². The number of halogens is 1. The van der Waals surface area contributed by atoms with E-state index in [9.17, 15) is 0 Å². The van der Waals surface area contributed by atoms with E-state index in [2.05, 4.69) is 121 Å². The molecule has 0 saturated heterocycles. The molecule has 0 aliphatic rings. The second-order valence-electron chi connectivity index (χ2n) is 8.89. The fourth-order valence-electron chi connectivity index (χ4n) is 3.74. The summed E-state index contributed by atoms with van der Waals surface area (Å²) in [6.45, 7) is 0. The first-order chi connectivity index (χ1) is 21.2. The van der Waals surface area contributed by atoms with Gasteiger partial charge in [-0.15, -0.1) is 0 Å². The van der Waals surface area contributed by atoms with Crippen molar-refractivity contribution in [2.75, 3.05) is 0 Å². The van der Waals surface area contributed by atoms with E-state index in [1.165, 1.54) is 25.4 Å². The molecule has 7 aromatic rings. The summed E-state index contributed by atoms with van der Waals surface area (Å²) in [6, 6.07) is 33.3. The van der Waals surface area contributed by atoms with Crippen LogP contribution in [-0.4, -0.2) is 92.0 Å². The Kier molecular flexibility index (Phi) is 15.5. The molecule has 8 heteroatoms.